The van der Waals surface area contributed by atoms with Crippen LogP contribution in [0.4, 0.5) is 5.82 Å². The van der Waals surface area contributed by atoms with E-state index in [9.17, 15) is 29.4 Å². The van der Waals surface area contributed by atoms with E-state index in [1.54, 1.807) is 20.8 Å². The Hall–Kier alpha value is -3.62. The zero-order chi connectivity index (χ0) is 20.5. The third-order valence-electron chi connectivity index (χ3n) is 3.49. The van der Waals surface area contributed by atoms with Gasteiger partial charge in [-0.1, -0.05) is 18.2 Å². The highest BCUT2D eigenvalue weighted by molar-refractivity contribution is 6.10. The molecule has 2 aromatic rings. The number of pyridine rings is 1. The lowest BCUT2D eigenvalue weighted by molar-refractivity contribution is 0.00698. The first-order valence-corrected chi connectivity index (χ1v) is 7.79. The number of rotatable bonds is 4. The number of nitrogens with two attached hydrogens (primary N) is 1. The van der Waals surface area contributed by atoms with Crippen LogP contribution in [0.25, 0.3) is 11.1 Å². The molecule has 2 rings (SSSR count). The first-order chi connectivity index (χ1) is 12.4. The lowest BCUT2D eigenvalue weighted by Gasteiger charge is -2.21. The van der Waals surface area contributed by atoms with E-state index in [0.717, 1.165) is 0 Å². The minimum absolute atomic E-state index is 0.0839. The number of carbonyl (C=O) groups is 3. The summed E-state index contributed by atoms with van der Waals surface area (Å²) in [4.78, 5) is 50.0. The second kappa shape index (κ2) is 6.94. The average molecular weight is 374 g/mol. The molecule has 1 heterocycles. The highest BCUT2D eigenvalue weighted by Gasteiger charge is 2.30. The number of carboxylic acid groups (broad SMARTS) is 2. The van der Waals surface area contributed by atoms with Crippen molar-refractivity contribution in [1.29, 1.82) is 0 Å². The molecule has 0 atom stereocenters. The second-order valence-electron chi connectivity index (χ2n) is 6.65. The fraction of sp³-hybridized carbons (Fsp3) is 0.222. The molecule has 27 heavy (non-hydrogen) atoms. The summed E-state index contributed by atoms with van der Waals surface area (Å²) in [7, 11) is 0. The number of carboxylic acids is 2. The Morgan fingerprint density at radius 2 is 1.59 bits per heavy atom. The number of hydrogen-bond donors (Lipinski definition) is 4. The predicted octanol–water partition coefficient (Wildman–Crippen LogP) is 1.98. The van der Waals surface area contributed by atoms with Crippen molar-refractivity contribution in [2.75, 3.05) is 5.73 Å². The summed E-state index contributed by atoms with van der Waals surface area (Å²) in [6.45, 7) is 4.93. The van der Waals surface area contributed by atoms with E-state index in [4.69, 9.17) is 10.5 Å². The van der Waals surface area contributed by atoms with Crippen LogP contribution in [0.15, 0.2) is 29.1 Å². The van der Waals surface area contributed by atoms with Crippen LogP contribution in [0.3, 0.4) is 0 Å². The van der Waals surface area contributed by atoms with Crippen LogP contribution >= 0.6 is 0 Å². The van der Waals surface area contributed by atoms with Crippen LogP contribution in [-0.4, -0.2) is 38.7 Å². The van der Waals surface area contributed by atoms with Gasteiger partial charge in [0.15, 0.2) is 0 Å². The van der Waals surface area contributed by atoms with E-state index >= 15 is 0 Å². The summed E-state index contributed by atoms with van der Waals surface area (Å²) in [6.07, 6.45) is 0. The first-order valence-electron chi connectivity index (χ1n) is 7.79. The lowest BCUT2D eigenvalue weighted by atomic mass is 9.92. The maximum absolute atomic E-state index is 12.6. The van der Waals surface area contributed by atoms with Gasteiger partial charge in [-0.3, -0.25) is 4.79 Å². The number of nitrogen functional groups attached to an aromatic ring is 1. The molecule has 142 valence electrons. The van der Waals surface area contributed by atoms with Crippen molar-refractivity contribution in [2.45, 2.75) is 26.4 Å². The molecule has 0 aliphatic carbocycles. The monoisotopic (exact) mass is 374 g/mol. The molecule has 1 aromatic carbocycles. The summed E-state index contributed by atoms with van der Waals surface area (Å²) in [6, 6.07) is 5.64. The number of benzene rings is 1. The van der Waals surface area contributed by atoms with Gasteiger partial charge in [0.1, 0.15) is 22.5 Å². The lowest BCUT2D eigenvalue weighted by Crippen LogP contribution is -2.26. The van der Waals surface area contributed by atoms with Gasteiger partial charge in [-0.15, -0.1) is 0 Å². The molecule has 0 unspecified atom stereocenters. The number of carbonyl (C=O) groups excluding carboxylic acids is 1. The zero-order valence-corrected chi connectivity index (χ0v) is 14.8. The Bertz CT molecular complexity index is 1000. The summed E-state index contributed by atoms with van der Waals surface area (Å²) in [5.74, 6) is -4.54. The van der Waals surface area contributed by atoms with Crippen molar-refractivity contribution in [3.8, 4) is 11.1 Å². The average Bonchev–Trinajstić information content (AvgIpc) is 2.51. The van der Waals surface area contributed by atoms with Crippen molar-refractivity contribution in [3.63, 3.8) is 0 Å². The van der Waals surface area contributed by atoms with Gasteiger partial charge in [0, 0.05) is 5.56 Å². The fourth-order valence-electron chi connectivity index (χ4n) is 2.53. The van der Waals surface area contributed by atoms with E-state index in [1.165, 1.54) is 24.3 Å². The topological polar surface area (TPSA) is 160 Å². The SMILES string of the molecule is CC(C)(C)OC(=O)c1ccccc1-c1c(C(=O)O)c(N)[nH]c(=O)c1C(=O)O. The van der Waals surface area contributed by atoms with Crippen LogP contribution in [0.2, 0.25) is 0 Å². The van der Waals surface area contributed by atoms with Gasteiger partial charge in [0.2, 0.25) is 0 Å². The molecule has 5 N–H and O–H groups in total. The van der Waals surface area contributed by atoms with Gasteiger partial charge < -0.3 is 25.7 Å². The molecule has 0 aliphatic rings. The molecule has 0 aliphatic heterocycles. The van der Waals surface area contributed by atoms with E-state index in [-0.39, 0.29) is 11.1 Å². The minimum Gasteiger partial charge on any atom is -0.478 e. The third kappa shape index (κ3) is 3.97. The highest BCUT2D eigenvalue weighted by Crippen LogP contribution is 2.32. The molecule has 0 fully saturated rings. The third-order valence-corrected chi connectivity index (χ3v) is 3.49. The Labute approximate surface area is 153 Å². The Morgan fingerprint density at radius 1 is 1.04 bits per heavy atom. The normalized spacial score (nSPS) is 11.1. The maximum atomic E-state index is 12.6. The molecule has 9 nitrogen and oxygen atoms in total. The van der Waals surface area contributed by atoms with Gasteiger partial charge in [-0.2, -0.15) is 0 Å². The molecular formula is C18H18N2O7. The highest BCUT2D eigenvalue weighted by atomic mass is 16.6. The van der Waals surface area contributed by atoms with Crippen molar-refractivity contribution in [1.82, 2.24) is 4.98 Å². The largest absolute Gasteiger partial charge is 0.478 e. The smallest absolute Gasteiger partial charge is 0.342 e. The molecule has 0 amide bonds. The number of esters is 1. The molecule has 9 heteroatoms. The summed E-state index contributed by atoms with van der Waals surface area (Å²) < 4.78 is 5.30. The Morgan fingerprint density at radius 3 is 2.11 bits per heavy atom. The molecule has 1 aromatic heterocycles. The van der Waals surface area contributed by atoms with Crippen LogP contribution in [0.5, 0.6) is 0 Å². The van der Waals surface area contributed by atoms with Gasteiger partial charge in [-0.05, 0) is 32.4 Å². The zero-order valence-electron chi connectivity index (χ0n) is 14.8. The van der Waals surface area contributed by atoms with Crippen molar-refractivity contribution >= 4 is 23.7 Å². The molecular weight excluding hydrogens is 356 g/mol. The molecule has 0 bridgehead atoms. The van der Waals surface area contributed by atoms with Crippen LogP contribution in [-0.2, 0) is 4.74 Å². The summed E-state index contributed by atoms with van der Waals surface area (Å²) in [5.41, 5.74) is 1.59. The van der Waals surface area contributed by atoms with Crippen molar-refractivity contribution in [3.05, 3.63) is 51.3 Å². The number of aromatic carboxylic acids is 2. The number of H-pyrrole nitrogens is 1. The van der Waals surface area contributed by atoms with Gasteiger partial charge in [-0.25, -0.2) is 14.4 Å². The quantitative estimate of drug-likeness (QED) is 0.591. The van der Waals surface area contributed by atoms with Crippen molar-refractivity contribution < 1.29 is 29.3 Å². The number of nitrogens with one attached hydrogen (secondary N) is 1. The summed E-state index contributed by atoms with van der Waals surface area (Å²) >= 11 is 0. The summed E-state index contributed by atoms with van der Waals surface area (Å²) in [5, 5.41) is 19.0. The molecule has 0 saturated carbocycles. The van der Waals surface area contributed by atoms with Gasteiger partial charge in [0.05, 0.1) is 5.56 Å². The van der Waals surface area contributed by atoms with Crippen LogP contribution in [0, 0.1) is 0 Å². The van der Waals surface area contributed by atoms with Gasteiger partial charge in [0.25, 0.3) is 5.56 Å². The van der Waals surface area contributed by atoms with E-state index in [0.29, 0.717) is 0 Å². The number of hydrogen-bond acceptors (Lipinski definition) is 6. The van der Waals surface area contributed by atoms with E-state index < -0.39 is 51.6 Å². The van der Waals surface area contributed by atoms with Crippen LogP contribution in [0.1, 0.15) is 51.8 Å². The number of aromatic amines is 1. The minimum atomic E-state index is -1.66. The standard InChI is InChI=1S/C18H18N2O7/c1-18(2,3)27-17(26)9-7-5-4-6-8(9)10-11(15(22)23)13(19)20-14(21)12(10)16(24)25/h4-7H,1-3H3,(H,22,23)(H,24,25)(H3,19,20,21). The predicted molar refractivity (Wildman–Crippen MR) is 96.0 cm³/mol. The Balaban J connectivity index is 2.91. The maximum Gasteiger partial charge on any atom is 0.342 e. The Kier molecular flexibility index (Phi) is 5.07. The second-order valence-corrected chi connectivity index (χ2v) is 6.65. The molecule has 0 saturated heterocycles. The number of aromatic nitrogens is 1. The molecule has 0 radical (unpaired) electrons. The van der Waals surface area contributed by atoms with E-state index in [1.807, 2.05) is 4.98 Å². The first kappa shape index (κ1) is 19.7. The van der Waals surface area contributed by atoms with Gasteiger partial charge >= 0.3 is 17.9 Å². The van der Waals surface area contributed by atoms with Crippen molar-refractivity contribution in [2.24, 2.45) is 0 Å². The number of ether oxygens (including phenoxy) is 1. The fourth-order valence-corrected chi connectivity index (χ4v) is 2.53. The number of anilines is 1. The van der Waals surface area contributed by atoms with E-state index in [2.05, 4.69) is 0 Å². The van der Waals surface area contributed by atoms with Crippen LogP contribution < -0.4 is 11.3 Å². The molecule has 0 spiro atoms.